The van der Waals surface area contributed by atoms with E-state index in [1.807, 2.05) is 0 Å². The highest BCUT2D eigenvalue weighted by Gasteiger charge is 2.37. The van der Waals surface area contributed by atoms with Crippen LogP contribution in [0.5, 0.6) is 11.5 Å². The lowest BCUT2D eigenvalue weighted by atomic mass is 9.90. The predicted molar refractivity (Wildman–Crippen MR) is 80.0 cm³/mol. The zero-order valence-corrected chi connectivity index (χ0v) is 13.6. The van der Waals surface area contributed by atoms with Crippen LogP contribution in [0.1, 0.15) is 30.7 Å². The Bertz CT molecular complexity index is 528. The van der Waals surface area contributed by atoms with Crippen molar-refractivity contribution in [3.63, 3.8) is 0 Å². The molecule has 0 spiro atoms. The third kappa shape index (κ3) is 3.04. The van der Waals surface area contributed by atoms with Crippen LogP contribution in [0.3, 0.4) is 0 Å². The summed E-state index contributed by atoms with van der Waals surface area (Å²) in [5.41, 5.74) is 0.735. The lowest BCUT2D eigenvalue weighted by Crippen LogP contribution is -2.11. The number of carboxylic acid groups (broad SMARTS) is 1. The molecular formula is C14H16BrClO4. The molecule has 1 aliphatic carbocycles. The summed E-state index contributed by atoms with van der Waals surface area (Å²) in [5, 5.41) is 9.64. The van der Waals surface area contributed by atoms with Gasteiger partial charge in [-0.15, -0.1) is 0 Å². The first-order valence-corrected chi connectivity index (χ1v) is 7.48. The lowest BCUT2D eigenvalue weighted by Gasteiger charge is -2.22. The number of methoxy groups -OCH3 is 2. The smallest absolute Gasteiger partial charge is 0.303 e. The molecule has 0 saturated heterocycles. The quantitative estimate of drug-likeness (QED) is 0.827. The van der Waals surface area contributed by atoms with Gasteiger partial charge in [0.05, 0.1) is 25.1 Å². The molecule has 1 saturated carbocycles. The van der Waals surface area contributed by atoms with Crippen LogP contribution in [-0.2, 0) is 4.79 Å². The number of benzene rings is 1. The van der Waals surface area contributed by atoms with Crippen LogP contribution < -0.4 is 9.47 Å². The van der Waals surface area contributed by atoms with Crippen molar-refractivity contribution >= 4 is 33.5 Å². The van der Waals surface area contributed by atoms with Gasteiger partial charge in [0.2, 0.25) is 0 Å². The molecule has 0 aliphatic heterocycles. The normalized spacial score (nSPS) is 15.8. The van der Waals surface area contributed by atoms with Crippen LogP contribution in [0.25, 0.3) is 0 Å². The fourth-order valence-corrected chi connectivity index (χ4v) is 3.56. The molecule has 1 atom stereocenters. The van der Waals surface area contributed by atoms with Crippen molar-refractivity contribution in [2.45, 2.75) is 25.2 Å². The summed E-state index contributed by atoms with van der Waals surface area (Å²) in [4.78, 5) is 11.1. The van der Waals surface area contributed by atoms with Crippen LogP contribution in [-0.4, -0.2) is 25.3 Å². The zero-order valence-electron chi connectivity index (χ0n) is 11.3. The monoisotopic (exact) mass is 362 g/mol. The largest absolute Gasteiger partial charge is 0.492 e. The molecule has 110 valence electrons. The summed E-state index contributed by atoms with van der Waals surface area (Å²) in [6.07, 6.45) is 2.09. The summed E-state index contributed by atoms with van der Waals surface area (Å²) >= 11 is 9.71. The first-order valence-electron chi connectivity index (χ1n) is 6.31. The number of hydrogen-bond acceptors (Lipinski definition) is 3. The van der Waals surface area contributed by atoms with E-state index in [-0.39, 0.29) is 12.3 Å². The van der Waals surface area contributed by atoms with Crippen molar-refractivity contribution in [1.29, 1.82) is 0 Å². The summed E-state index contributed by atoms with van der Waals surface area (Å²) in [6, 6.07) is 1.73. The minimum atomic E-state index is -0.832. The second-order valence-corrected chi connectivity index (χ2v) is 6.12. The molecule has 6 heteroatoms. The van der Waals surface area contributed by atoms with Crippen LogP contribution in [0.2, 0.25) is 5.02 Å². The second kappa shape index (κ2) is 6.22. The van der Waals surface area contributed by atoms with Crippen molar-refractivity contribution in [2.75, 3.05) is 14.2 Å². The highest BCUT2D eigenvalue weighted by Crippen LogP contribution is 2.53. The fraction of sp³-hybridized carbons (Fsp3) is 0.500. The number of halogens is 2. The van der Waals surface area contributed by atoms with E-state index in [1.54, 1.807) is 13.2 Å². The molecule has 0 amide bonds. The Labute approximate surface area is 131 Å². The van der Waals surface area contributed by atoms with Crippen LogP contribution >= 0.6 is 27.5 Å². The number of rotatable bonds is 6. The SMILES string of the molecule is COc1c(Br)cc(Cl)c(C(CC(=O)O)C2CC2)c1OC. The molecule has 1 aliphatic rings. The van der Waals surface area contributed by atoms with E-state index in [1.165, 1.54) is 7.11 Å². The lowest BCUT2D eigenvalue weighted by molar-refractivity contribution is -0.137. The molecule has 2 rings (SSSR count). The molecule has 0 heterocycles. The zero-order chi connectivity index (χ0) is 14.9. The van der Waals surface area contributed by atoms with Crippen molar-refractivity contribution < 1.29 is 19.4 Å². The molecule has 0 bridgehead atoms. The number of hydrogen-bond donors (Lipinski definition) is 1. The second-order valence-electron chi connectivity index (χ2n) is 4.86. The van der Waals surface area contributed by atoms with Crippen molar-refractivity contribution in [2.24, 2.45) is 5.92 Å². The van der Waals surface area contributed by atoms with Crippen molar-refractivity contribution in [1.82, 2.24) is 0 Å². The first kappa shape index (κ1) is 15.4. The maximum Gasteiger partial charge on any atom is 0.303 e. The summed E-state index contributed by atoms with van der Waals surface area (Å²) in [5.74, 6) is 0.440. The van der Waals surface area contributed by atoms with Gasteiger partial charge in [-0.05, 0) is 40.8 Å². The van der Waals surface area contributed by atoms with E-state index in [0.29, 0.717) is 26.9 Å². The van der Waals surface area contributed by atoms with Gasteiger partial charge < -0.3 is 14.6 Å². The highest BCUT2D eigenvalue weighted by atomic mass is 79.9. The van der Waals surface area contributed by atoms with Crippen LogP contribution in [0.4, 0.5) is 0 Å². The van der Waals surface area contributed by atoms with Gasteiger partial charge in [-0.25, -0.2) is 0 Å². The standard InChI is InChI=1S/C14H16BrClO4/c1-19-13-9(15)6-10(16)12(14(13)20-2)8(5-11(17)18)7-3-4-7/h6-8H,3-5H2,1-2H3,(H,17,18). The van der Waals surface area contributed by atoms with Gasteiger partial charge in [0.25, 0.3) is 0 Å². The van der Waals surface area contributed by atoms with E-state index in [2.05, 4.69) is 15.9 Å². The van der Waals surface area contributed by atoms with Gasteiger partial charge in [0.15, 0.2) is 11.5 Å². The number of aliphatic carboxylic acids is 1. The van der Waals surface area contributed by atoms with E-state index >= 15 is 0 Å². The third-order valence-corrected chi connectivity index (χ3v) is 4.44. The topological polar surface area (TPSA) is 55.8 Å². The molecule has 1 N–H and O–H groups in total. The fourth-order valence-electron chi connectivity index (χ4n) is 2.52. The Hall–Kier alpha value is -0.940. The van der Waals surface area contributed by atoms with E-state index in [0.717, 1.165) is 18.4 Å². The molecule has 1 unspecified atom stereocenters. The van der Waals surface area contributed by atoms with Crippen LogP contribution in [0, 0.1) is 5.92 Å². The van der Waals surface area contributed by atoms with Gasteiger partial charge in [-0.3, -0.25) is 4.79 Å². The van der Waals surface area contributed by atoms with Gasteiger partial charge in [-0.1, -0.05) is 11.6 Å². The molecule has 0 radical (unpaired) electrons. The number of ether oxygens (including phenoxy) is 2. The average Bonchev–Trinajstić information content (AvgIpc) is 3.19. The maximum atomic E-state index is 11.1. The Morgan fingerprint density at radius 2 is 2.05 bits per heavy atom. The molecule has 1 fully saturated rings. The minimum Gasteiger partial charge on any atom is -0.492 e. The van der Waals surface area contributed by atoms with E-state index in [4.69, 9.17) is 26.2 Å². The maximum absolute atomic E-state index is 11.1. The Morgan fingerprint density at radius 3 is 2.50 bits per heavy atom. The van der Waals surface area contributed by atoms with Crippen LogP contribution in [0.15, 0.2) is 10.5 Å². The summed E-state index contributed by atoms with van der Waals surface area (Å²) < 4.78 is 11.5. The average molecular weight is 364 g/mol. The van der Waals surface area contributed by atoms with Crippen molar-refractivity contribution in [3.8, 4) is 11.5 Å². The van der Waals surface area contributed by atoms with Crippen molar-refractivity contribution in [3.05, 3.63) is 21.1 Å². The molecule has 1 aromatic carbocycles. The third-order valence-electron chi connectivity index (χ3n) is 3.54. The van der Waals surface area contributed by atoms with E-state index in [9.17, 15) is 4.79 Å². The Morgan fingerprint density at radius 1 is 1.45 bits per heavy atom. The Kier molecular flexibility index (Phi) is 4.81. The molecule has 1 aromatic rings. The number of carbonyl (C=O) groups is 1. The van der Waals surface area contributed by atoms with Gasteiger partial charge in [-0.2, -0.15) is 0 Å². The highest BCUT2D eigenvalue weighted by molar-refractivity contribution is 9.10. The number of carboxylic acids is 1. The Balaban J connectivity index is 2.55. The van der Waals surface area contributed by atoms with Gasteiger partial charge in [0.1, 0.15) is 0 Å². The van der Waals surface area contributed by atoms with Gasteiger partial charge >= 0.3 is 5.97 Å². The molecule has 4 nitrogen and oxygen atoms in total. The van der Waals surface area contributed by atoms with Gasteiger partial charge in [0, 0.05) is 16.5 Å². The first-order chi connectivity index (χ1) is 9.49. The molecular weight excluding hydrogens is 348 g/mol. The predicted octanol–water partition coefficient (Wildman–Crippen LogP) is 4.09. The van der Waals surface area contributed by atoms with E-state index < -0.39 is 5.97 Å². The summed E-state index contributed by atoms with van der Waals surface area (Å²) in [6.45, 7) is 0. The molecule has 20 heavy (non-hydrogen) atoms. The molecule has 0 aromatic heterocycles. The minimum absolute atomic E-state index is 0.0472. The summed E-state index contributed by atoms with van der Waals surface area (Å²) in [7, 11) is 3.08.